The summed E-state index contributed by atoms with van der Waals surface area (Å²) in [5.74, 6) is -1.78. The lowest BCUT2D eigenvalue weighted by Gasteiger charge is -2.23. The zero-order valence-electron chi connectivity index (χ0n) is 19.7. The fourth-order valence-electron chi connectivity index (χ4n) is 4.44. The van der Waals surface area contributed by atoms with E-state index in [2.05, 4.69) is 10.6 Å². The first-order valence-electron chi connectivity index (χ1n) is 11.3. The average molecular weight is 478 g/mol. The normalized spacial score (nSPS) is 19.7. The zero-order valence-corrected chi connectivity index (χ0v) is 19.7. The van der Waals surface area contributed by atoms with Gasteiger partial charge in [-0.05, 0) is 31.9 Å². The Bertz CT molecular complexity index is 1170. The van der Waals surface area contributed by atoms with Crippen LogP contribution in [-0.2, 0) is 14.4 Å². The van der Waals surface area contributed by atoms with E-state index >= 15 is 0 Å². The Morgan fingerprint density at radius 3 is 1.91 bits per heavy atom. The quantitative estimate of drug-likeness (QED) is 0.468. The molecule has 1 fully saturated rings. The lowest BCUT2D eigenvalue weighted by atomic mass is 9.85. The number of ether oxygens (including phenoxy) is 2. The van der Waals surface area contributed by atoms with E-state index in [0.717, 1.165) is 4.90 Å². The smallest absolute Gasteiger partial charge is 0.255 e. The van der Waals surface area contributed by atoms with Crippen LogP contribution in [0.5, 0.6) is 11.5 Å². The van der Waals surface area contributed by atoms with Crippen LogP contribution in [-0.4, -0.2) is 48.8 Å². The first-order valence-corrected chi connectivity index (χ1v) is 11.3. The van der Waals surface area contributed by atoms with E-state index in [1.54, 1.807) is 24.3 Å². The van der Waals surface area contributed by atoms with Crippen molar-refractivity contribution in [2.24, 2.45) is 11.8 Å². The number of hydrogen-bond donors (Lipinski definition) is 2. The van der Waals surface area contributed by atoms with E-state index in [9.17, 15) is 19.2 Å². The summed E-state index contributed by atoms with van der Waals surface area (Å²) >= 11 is 0. The van der Waals surface area contributed by atoms with Crippen LogP contribution in [0.4, 0.5) is 11.4 Å². The zero-order chi connectivity index (χ0) is 25.1. The number of rotatable bonds is 7. The van der Waals surface area contributed by atoms with Crippen LogP contribution in [0.2, 0.25) is 0 Å². The van der Waals surface area contributed by atoms with Crippen molar-refractivity contribution in [2.75, 3.05) is 24.9 Å². The molecular formula is C26H27N3O6. The highest BCUT2D eigenvalue weighted by Gasteiger charge is 2.50. The molecule has 9 nitrogen and oxygen atoms in total. The van der Waals surface area contributed by atoms with Gasteiger partial charge < -0.3 is 20.1 Å². The molecule has 4 rings (SSSR count). The van der Waals surface area contributed by atoms with Gasteiger partial charge in [0, 0.05) is 17.7 Å². The minimum atomic E-state index is -1.01. The third-order valence-electron chi connectivity index (χ3n) is 6.37. The molecule has 1 aliphatic carbocycles. The number of nitrogens with one attached hydrogen (secondary N) is 2. The van der Waals surface area contributed by atoms with Gasteiger partial charge in [0.1, 0.15) is 17.5 Å². The van der Waals surface area contributed by atoms with Crippen molar-refractivity contribution in [3.63, 3.8) is 0 Å². The molecule has 0 radical (unpaired) electrons. The third kappa shape index (κ3) is 4.62. The molecule has 9 heteroatoms. The maximum absolute atomic E-state index is 13.1. The molecule has 2 N–H and O–H groups in total. The predicted octanol–water partition coefficient (Wildman–Crippen LogP) is 3.23. The number of likely N-dealkylation sites (tertiary alicyclic amines) is 1. The minimum absolute atomic E-state index is 0.270. The summed E-state index contributed by atoms with van der Waals surface area (Å²) in [5.41, 5.74) is 1.10. The minimum Gasteiger partial charge on any atom is -0.494 e. The summed E-state index contributed by atoms with van der Waals surface area (Å²) in [4.78, 5) is 52.4. The van der Waals surface area contributed by atoms with Crippen LogP contribution < -0.4 is 20.1 Å². The second-order valence-corrected chi connectivity index (χ2v) is 8.44. The molecule has 35 heavy (non-hydrogen) atoms. The van der Waals surface area contributed by atoms with E-state index in [0.29, 0.717) is 29.8 Å². The van der Waals surface area contributed by atoms with Crippen molar-refractivity contribution in [1.82, 2.24) is 4.90 Å². The number of amides is 4. The maximum atomic E-state index is 13.1. The molecule has 1 saturated heterocycles. The molecular weight excluding hydrogens is 450 g/mol. The van der Waals surface area contributed by atoms with Gasteiger partial charge in [-0.25, -0.2) is 0 Å². The summed E-state index contributed by atoms with van der Waals surface area (Å²) < 4.78 is 10.8. The van der Waals surface area contributed by atoms with Gasteiger partial charge >= 0.3 is 0 Å². The number of nitrogens with zero attached hydrogens (tertiary/aromatic N) is 1. The summed E-state index contributed by atoms with van der Waals surface area (Å²) in [6, 6.07) is 10.7. The molecule has 2 aromatic rings. The van der Waals surface area contributed by atoms with E-state index in [4.69, 9.17) is 9.47 Å². The van der Waals surface area contributed by atoms with E-state index in [-0.39, 0.29) is 29.2 Å². The maximum Gasteiger partial charge on any atom is 0.255 e. The fraction of sp³-hybridized carbons (Fsp3) is 0.308. The second kappa shape index (κ2) is 10.0. The number of methoxy groups -OCH3 is 2. The highest BCUT2D eigenvalue weighted by atomic mass is 16.5. The number of fused-ring (bicyclic) bond motifs is 1. The number of carbonyl (C=O) groups excluding carboxylic acids is 4. The Balaban J connectivity index is 1.53. The molecule has 1 aliphatic heterocycles. The highest BCUT2D eigenvalue weighted by molar-refractivity contribution is 6.10. The molecule has 0 saturated carbocycles. The lowest BCUT2D eigenvalue weighted by Crippen LogP contribution is -2.46. The standard InChI is InChI=1S/C26H27N3O6/c1-15(29-25(32)17-11-7-8-12-18(17)26(29)33)23(30)27-19-13-22(35-3)20(14-21(19)34-2)28-24(31)16-9-5-4-6-10-16/h4-10,13-15,17-18H,11-12H2,1-3H3,(H,27,30)(H,28,31). The van der Waals surface area contributed by atoms with Gasteiger partial charge in [-0.3, -0.25) is 24.1 Å². The average Bonchev–Trinajstić information content (AvgIpc) is 3.14. The Labute approximate surface area is 203 Å². The van der Waals surface area contributed by atoms with Gasteiger partial charge in [-0.15, -0.1) is 0 Å². The Morgan fingerprint density at radius 2 is 1.40 bits per heavy atom. The fourth-order valence-corrected chi connectivity index (χ4v) is 4.44. The number of imide groups is 1. The topological polar surface area (TPSA) is 114 Å². The number of benzene rings is 2. The Morgan fingerprint density at radius 1 is 0.886 bits per heavy atom. The highest BCUT2D eigenvalue weighted by Crippen LogP contribution is 2.38. The molecule has 0 aromatic heterocycles. The van der Waals surface area contributed by atoms with Gasteiger partial charge in [-0.2, -0.15) is 0 Å². The predicted molar refractivity (Wildman–Crippen MR) is 129 cm³/mol. The molecule has 182 valence electrons. The van der Waals surface area contributed by atoms with Gasteiger partial charge in [0.25, 0.3) is 5.91 Å². The first kappa shape index (κ1) is 24.0. The van der Waals surface area contributed by atoms with Crippen molar-refractivity contribution in [1.29, 1.82) is 0 Å². The molecule has 3 atom stereocenters. The number of anilines is 2. The summed E-state index contributed by atoms with van der Waals surface area (Å²) in [7, 11) is 2.86. The number of hydrogen-bond acceptors (Lipinski definition) is 6. The first-order chi connectivity index (χ1) is 16.8. The van der Waals surface area contributed by atoms with Crippen LogP contribution in [0.3, 0.4) is 0 Å². The number of carbonyl (C=O) groups is 4. The van der Waals surface area contributed by atoms with Crippen LogP contribution in [0.1, 0.15) is 30.1 Å². The SMILES string of the molecule is COc1cc(NC(=O)C(C)N2C(=O)C3CC=CCC3C2=O)c(OC)cc1NC(=O)c1ccccc1. The van der Waals surface area contributed by atoms with Crippen molar-refractivity contribution in [3.8, 4) is 11.5 Å². The van der Waals surface area contributed by atoms with Crippen LogP contribution in [0.25, 0.3) is 0 Å². The number of allylic oxidation sites excluding steroid dienone is 2. The summed E-state index contributed by atoms with van der Waals surface area (Å²) in [6.07, 6.45) is 4.80. The van der Waals surface area contributed by atoms with Gasteiger partial charge in [0.15, 0.2) is 0 Å². The molecule has 0 bridgehead atoms. The Kier molecular flexibility index (Phi) is 6.86. The molecule has 4 amide bonds. The van der Waals surface area contributed by atoms with E-state index in [1.165, 1.54) is 33.3 Å². The second-order valence-electron chi connectivity index (χ2n) is 8.44. The van der Waals surface area contributed by atoms with Crippen molar-refractivity contribution in [2.45, 2.75) is 25.8 Å². The molecule has 3 unspecified atom stereocenters. The van der Waals surface area contributed by atoms with Crippen molar-refractivity contribution < 1.29 is 28.7 Å². The van der Waals surface area contributed by atoms with E-state index in [1.807, 2.05) is 18.2 Å². The van der Waals surface area contributed by atoms with Crippen LogP contribution in [0, 0.1) is 11.8 Å². The van der Waals surface area contributed by atoms with Gasteiger partial charge in [0.05, 0.1) is 37.4 Å². The summed E-state index contributed by atoms with van der Waals surface area (Å²) in [6.45, 7) is 1.52. The van der Waals surface area contributed by atoms with Gasteiger partial charge in [-0.1, -0.05) is 30.4 Å². The molecule has 1 heterocycles. The lowest BCUT2D eigenvalue weighted by molar-refractivity contribution is -0.146. The van der Waals surface area contributed by atoms with Crippen molar-refractivity contribution in [3.05, 3.63) is 60.2 Å². The largest absolute Gasteiger partial charge is 0.494 e. The monoisotopic (exact) mass is 477 g/mol. The van der Waals surface area contributed by atoms with E-state index < -0.39 is 23.8 Å². The van der Waals surface area contributed by atoms with Gasteiger partial charge in [0.2, 0.25) is 17.7 Å². The molecule has 2 aromatic carbocycles. The van der Waals surface area contributed by atoms with Crippen LogP contribution >= 0.6 is 0 Å². The molecule has 0 spiro atoms. The molecule has 2 aliphatic rings. The summed E-state index contributed by atoms with van der Waals surface area (Å²) in [5, 5.41) is 5.51. The Hall–Kier alpha value is -4.14. The van der Waals surface area contributed by atoms with Crippen molar-refractivity contribution >= 4 is 35.0 Å². The van der Waals surface area contributed by atoms with Crippen LogP contribution in [0.15, 0.2) is 54.6 Å². The third-order valence-corrected chi connectivity index (χ3v) is 6.37.